The van der Waals surface area contributed by atoms with Gasteiger partial charge in [0.25, 0.3) is 0 Å². The summed E-state index contributed by atoms with van der Waals surface area (Å²) < 4.78 is 15.8. The van der Waals surface area contributed by atoms with Crippen LogP contribution in [0.4, 0.5) is 0 Å². The Labute approximate surface area is 208 Å². The zero-order valence-corrected chi connectivity index (χ0v) is 22.1. The van der Waals surface area contributed by atoms with Gasteiger partial charge >= 0.3 is 11.9 Å². The van der Waals surface area contributed by atoms with Crippen LogP contribution in [0.5, 0.6) is 5.75 Å². The SMILES string of the molecule is CCCCCCOC(=O)CC[S+](CCC(=O)OCCCCCC)CC(=O)c1ccc(OC)cc1. The Morgan fingerprint density at radius 2 is 1.24 bits per heavy atom. The number of carbonyl (C=O) groups is 3. The number of benzene rings is 1. The first-order valence-electron chi connectivity index (χ1n) is 12.6. The standard InChI is InChI=1S/C27H43O6S/c1-4-6-8-10-18-32-26(29)16-20-34(21-17-27(30)33-19-11-9-7-5-2)22-25(28)23-12-14-24(31-3)15-13-23/h12-15H,4-11,16-22H2,1-3H3/q+1. The quantitative estimate of drug-likeness (QED) is 0.103. The molecule has 0 aliphatic heterocycles. The van der Waals surface area contributed by atoms with Crippen LogP contribution in [0.3, 0.4) is 0 Å². The molecule has 0 fully saturated rings. The summed E-state index contributed by atoms with van der Waals surface area (Å²) in [6, 6.07) is 7.02. The third-order valence-electron chi connectivity index (χ3n) is 5.46. The maximum atomic E-state index is 12.8. The minimum Gasteiger partial charge on any atom is -0.497 e. The van der Waals surface area contributed by atoms with Crippen molar-refractivity contribution >= 4 is 28.6 Å². The molecule has 0 saturated carbocycles. The number of methoxy groups -OCH3 is 1. The molecule has 1 rings (SSSR count). The van der Waals surface area contributed by atoms with Gasteiger partial charge in [0.15, 0.2) is 5.75 Å². The molecular weight excluding hydrogens is 452 g/mol. The van der Waals surface area contributed by atoms with Crippen LogP contribution in [0.2, 0.25) is 0 Å². The molecule has 34 heavy (non-hydrogen) atoms. The van der Waals surface area contributed by atoms with E-state index in [0.717, 1.165) is 51.4 Å². The van der Waals surface area contributed by atoms with Gasteiger partial charge < -0.3 is 14.2 Å². The van der Waals surface area contributed by atoms with E-state index in [0.29, 0.717) is 41.8 Å². The second-order valence-electron chi connectivity index (χ2n) is 8.38. The lowest BCUT2D eigenvalue weighted by atomic mass is 10.1. The van der Waals surface area contributed by atoms with Crippen LogP contribution in [-0.2, 0) is 30.0 Å². The molecule has 0 bridgehead atoms. The van der Waals surface area contributed by atoms with Crippen molar-refractivity contribution in [2.24, 2.45) is 0 Å². The summed E-state index contributed by atoms with van der Waals surface area (Å²) in [5.41, 5.74) is 0.607. The van der Waals surface area contributed by atoms with Gasteiger partial charge in [0.1, 0.15) is 17.3 Å². The lowest BCUT2D eigenvalue weighted by molar-refractivity contribution is -0.144. The molecule has 0 N–H and O–H groups in total. The molecule has 0 aromatic heterocycles. The molecule has 0 spiro atoms. The van der Waals surface area contributed by atoms with Crippen molar-refractivity contribution in [3.05, 3.63) is 29.8 Å². The Bertz CT molecular complexity index is 674. The molecule has 0 aliphatic rings. The zero-order chi connectivity index (χ0) is 25.0. The zero-order valence-electron chi connectivity index (χ0n) is 21.3. The number of ketones is 1. The first-order valence-corrected chi connectivity index (χ1v) is 14.4. The molecule has 7 heteroatoms. The summed E-state index contributed by atoms with van der Waals surface area (Å²) in [6.07, 6.45) is 8.97. The van der Waals surface area contributed by atoms with E-state index >= 15 is 0 Å². The predicted molar refractivity (Wildman–Crippen MR) is 139 cm³/mol. The summed E-state index contributed by atoms with van der Waals surface area (Å²) in [4.78, 5) is 37.2. The van der Waals surface area contributed by atoms with Gasteiger partial charge in [0, 0.05) is 5.56 Å². The van der Waals surface area contributed by atoms with Crippen LogP contribution in [0.15, 0.2) is 24.3 Å². The fourth-order valence-corrected chi connectivity index (χ4v) is 5.26. The molecular formula is C27H43O6S+. The van der Waals surface area contributed by atoms with E-state index < -0.39 is 10.9 Å². The lowest BCUT2D eigenvalue weighted by Gasteiger charge is -2.10. The molecule has 0 heterocycles. The van der Waals surface area contributed by atoms with E-state index in [2.05, 4.69) is 13.8 Å². The Morgan fingerprint density at radius 1 is 0.735 bits per heavy atom. The van der Waals surface area contributed by atoms with Crippen LogP contribution >= 0.6 is 0 Å². The smallest absolute Gasteiger partial charge is 0.310 e. The maximum absolute atomic E-state index is 12.8. The van der Waals surface area contributed by atoms with Gasteiger partial charge in [-0.1, -0.05) is 52.4 Å². The molecule has 0 unspecified atom stereocenters. The lowest BCUT2D eigenvalue weighted by Crippen LogP contribution is -2.26. The molecule has 0 amide bonds. The Morgan fingerprint density at radius 3 is 1.68 bits per heavy atom. The normalized spacial score (nSPS) is 10.8. The van der Waals surface area contributed by atoms with E-state index in [9.17, 15) is 14.4 Å². The van der Waals surface area contributed by atoms with Crippen molar-refractivity contribution in [1.29, 1.82) is 0 Å². The van der Waals surface area contributed by atoms with E-state index in [1.165, 1.54) is 0 Å². The monoisotopic (exact) mass is 495 g/mol. The highest BCUT2D eigenvalue weighted by molar-refractivity contribution is 7.97. The third kappa shape index (κ3) is 14.3. The molecule has 0 atom stereocenters. The molecule has 192 valence electrons. The first kappa shape index (κ1) is 30.0. The second kappa shape index (κ2) is 19.3. The number of unbranched alkanes of at least 4 members (excludes halogenated alkanes) is 6. The Balaban J connectivity index is 2.55. The maximum Gasteiger partial charge on any atom is 0.310 e. The van der Waals surface area contributed by atoms with Crippen molar-refractivity contribution < 1.29 is 28.6 Å². The minimum absolute atomic E-state index is 0.00634. The van der Waals surface area contributed by atoms with Crippen LogP contribution in [-0.4, -0.2) is 55.3 Å². The van der Waals surface area contributed by atoms with Gasteiger partial charge in [-0.15, -0.1) is 0 Å². The van der Waals surface area contributed by atoms with E-state index in [-0.39, 0.29) is 30.6 Å². The highest BCUT2D eigenvalue weighted by Gasteiger charge is 2.26. The fraction of sp³-hybridized carbons (Fsp3) is 0.667. The number of ether oxygens (including phenoxy) is 3. The Kier molecular flexibility index (Phi) is 17.0. The van der Waals surface area contributed by atoms with E-state index in [4.69, 9.17) is 14.2 Å². The number of hydrogen-bond acceptors (Lipinski definition) is 6. The molecule has 6 nitrogen and oxygen atoms in total. The largest absolute Gasteiger partial charge is 0.497 e. The van der Waals surface area contributed by atoms with Gasteiger partial charge in [0.05, 0.1) is 33.2 Å². The first-order chi connectivity index (χ1) is 16.5. The van der Waals surface area contributed by atoms with Crippen LogP contribution in [0, 0.1) is 0 Å². The minimum atomic E-state index is -0.407. The highest BCUT2D eigenvalue weighted by atomic mass is 32.2. The summed E-state index contributed by atoms with van der Waals surface area (Å²) in [7, 11) is 1.18. The highest BCUT2D eigenvalue weighted by Crippen LogP contribution is 2.14. The molecule has 1 aromatic rings. The summed E-state index contributed by atoms with van der Waals surface area (Å²) in [5, 5.41) is 0. The molecule has 0 saturated heterocycles. The molecule has 1 aromatic carbocycles. The number of esters is 2. The second-order valence-corrected chi connectivity index (χ2v) is 10.7. The van der Waals surface area contributed by atoms with Crippen molar-refractivity contribution in [3.8, 4) is 5.75 Å². The van der Waals surface area contributed by atoms with E-state index in [1.54, 1.807) is 31.4 Å². The summed E-state index contributed by atoms with van der Waals surface area (Å²) in [5.74, 6) is 1.62. The predicted octanol–water partition coefficient (Wildman–Crippen LogP) is 5.52. The van der Waals surface area contributed by atoms with Gasteiger partial charge in [-0.05, 0) is 48.0 Å². The number of Topliss-reactive ketones (excluding diaryl/α,β-unsaturated/α-hetero) is 1. The van der Waals surface area contributed by atoms with Crippen LogP contribution in [0.25, 0.3) is 0 Å². The van der Waals surface area contributed by atoms with Crippen molar-refractivity contribution in [1.82, 2.24) is 0 Å². The van der Waals surface area contributed by atoms with Gasteiger partial charge in [-0.25, -0.2) is 0 Å². The topological polar surface area (TPSA) is 78.9 Å². The number of hydrogen-bond donors (Lipinski definition) is 0. The van der Waals surface area contributed by atoms with Gasteiger partial charge in [-0.3, -0.25) is 14.4 Å². The molecule has 0 aliphatic carbocycles. The summed E-state index contributed by atoms with van der Waals surface area (Å²) >= 11 is 0. The molecule has 0 radical (unpaired) electrons. The average Bonchev–Trinajstić information content (AvgIpc) is 2.85. The Hall–Kier alpha value is -2.02. The average molecular weight is 496 g/mol. The van der Waals surface area contributed by atoms with Crippen molar-refractivity contribution in [3.63, 3.8) is 0 Å². The number of carbonyl (C=O) groups excluding carboxylic acids is 3. The van der Waals surface area contributed by atoms with Gasteiger partial charge in [-0.2, -0.15) is 0 Å². The van der Waals surface area contributed by atoms with E-state index in [1.807, 2.05) is 0 Å². The fourth-order valence-electron chi connectivity index (χ4n) is 3.32. The van der Waals surface area contributed by atoms with Crippen molar-refractivity contribution in [2.45, 2.75) is 78.1 Å². The summed E-state index contributed by atoms with van der Waals surface area (Å²) in [6.45, 7) is 5.18. The van der Waals surface area contributed by atoms with Crippen LogP contribution < -0.4 is 4.74 Å². The van der Waals surface area contributed by atoms with Crippen LogP contribution in [0.1, 0.15) is 88.4 Å². The third-order valence-corrected chi connectivity index (χ3v) is 7.69. The number of rotatable bonds is 20. The van der Waals surface area contributed by atoms with Gasteiger partial charge in [0.2, 0.25) is 5.78 Å². The van der Waals surface area contributed by atoms with Crippen molar-refractivity contribution in [2.75, 3.05) is 37.6 Å².